The van der Waals surface area contributed by atoms with Crippen LogP contribution in [-0.4, -0.2) is 49.2 Å². The van der Waals surface area contributed by atoms with Crippen molar-refractivity contribution in [1.82, 2.24) is 10.2 Å². The highest BCUT2D eigenvalue weighted by Gasteiger charge is 2.40. The summed E-state index contributed by atoms with van der Waals surface area (Å²) in [5.74, 6) is -0.125. The first kappa shape index (κ1) is 15.4. The normalized spacial score (nSPS) is 18.7. The quantitative estimate of drug-likeness (QED) is 0.639. The fourth-order valence-electron chi connectivity index (χ4n) is 2.18. The lowest BCUT2D eigenvalue weighted by Gasteiger charge is -2.32. The van der Waals surface area contributed by atoms with Crippen molar-refractivity contribution in [2.24, 2.45) is 0 Å². The van der Waals surface area contributed by atoms with E-state index >= 15 is 0 Å². The SMILES string of the molecule is CCCCN(C)CC(C)(NC1CC1)C(=O)OCC. The number of carbonyl (C=O) groups excluding carboxylic acids is 1. The van der Waals surface area contributed by atoms with Crippen molar-refractivity contribution in [3.8, 4) is 0 Å². The molecule has 1 atom stereocenters. The van der Waals surface area contributed by atoms with Crippen LogP contribution in [0.4, 0.5) is 0 Å². The van der Waals surface area contributed by atoms with Crippen LogP contribution in [0.1, 0.15) is 46.5 Å². The maximum absolute atomic E-state index is 12.1. The predicted molar refractivity (Wildman–Crippen MR) is 73.6 cm³/mol. The second-order valence-electron chi connectivity index (χ2n) is 5.56. The van der Waals surface area contributed by atoms with E-state index in [4.69, 9.17) is 4.74 Å². The van der Waals surface area contributed by atoms with Crippen molar-refractivity contribution < 1.29 is 9.53 Å². The van der Waals surface area contributed by atoms with E-state index in [0.717, 1.165) is 6.54 Å². The Morgan fingerprint density at radius 3 is 2.61 bits per heavy atom. The van der Waals surface area contributed by atoms with Crippen molar-refractivity contribution in [3.63, 3.8) is 0 Å². The average Bonchev–Trinajstić information content (AvgIpc) is 3.10. The number of hydrogen-bond acceptors (Lipinski definition) is 4. The van der Waals surface area contributed by atoms with Crippen LogP contribution in [0.5, 0.6) is 0 Å². The van der Waals surface area contributed by atoms with Gasteiger partial charge in [-0.2, -0.15) is 0 Å². The van der Waals surface area contributed by atoms with Crippen LogP contribution in [-0.2, 0) is 9.53 Å². The maximum atomic E-state index is 12.1. The van der Waals surface area contributed by atoms with Gasteiger partial charge >= 0.3 is 5.97 Å². The van der Waals surface area contributed by atoms with E-state index in [1.165, 1.54) is 25.7 Å². The van der Waals surface area contributed by atoms with Crippen LogP contribution in [0, 0.1) is 0 Å². The molecular formula is C14H28N2O2. The van der Waals surface area contributed by atoms with Crippen molar-refractivity contribution >= 4 is 5.97 Å². The van der Waals surface area contributed by atoms with E-state index < -0.39 is 5.54 Å². The van der Waals surface area contributed by atoms with E-state index in [-0.39, 0.29) is 5.97 Å². The molecule has 0 heterocycles. The van der Waals surface area contributed by atoms with Crippen LogP contribution >= 0.6 is 0 Å². The van der Waals surface area contributed by atoms with Gasteiger partial charge < -0.3 is 9.64 Å². The van der Waals surface area contributed by atoms with Crippen LogP contribution in [0.25, 0.3) is 0 Å². The lowest BCUT2D eigenvalue weighted by atomic mass is 10.0. The van der Waals surface area contributed by atoms with Crippen molar-refractivity contribution in [2.45, 2.75) is 58.0 Å². The molecule has 0 aromatic rings. The van der Waals surface area contributed by atoms with Crippen LogP contribution < -0.4 is 5.32 Å². The lowest BCUT2D eigenvalue weighted by molar-refractivity contribution is -0.151. The summed E-state index contributed by atoms with van der Waals surface area (Å²) >= 11 is 0. The van der Waals surface area contributed by atoms with E-state index in [9.17, 15) is 4.79 Å². The summed E-state index contributed by atoms with van der Waals surface area (Å²) in [5, 5.41) is 3.44. The number of nitrogens with one attached hydrogen (secondary N) is 1. The molecule has 0 spiro atoms. The third kappa shape index (κ3) is 4.94. The zero-order chi connectivity index (χ0) is 13.6. The van der Waals surface area contributed by atoms with Crippen molar-refractivity contribution in [1.29, 1.82) is 0 Å². The molecule has 1 N–H and O–H groups in total. The Morgan fingerprint density at radius 2 is 2.11 bits per heavy atom. The topological polar surface area (TPSA) is 41.6 Å². The highest BCUT2D eigenvalue weighted by atomic mass is 16.5. The highest BCUT2D eigenvalue weighted by Crippen LogP contribution is 2.23. The van der Waals surface area contributed by atoms with Gasteiger partial charge in [0.15, 0.2) is 0 Å². The summed E-state index contributed by atoms with van der Waals surface area (Å²) in [6, 6.07) is 0.499. The minimum Gasteiger partial charge on any atom is -0.465 e. The summed E-state index contributed by atoms with van der Waals surface area (Å²) in [4.78, 5) is 14.3. The lowest BCUT2D eigenvalue weighted by Crippen LogP contribution is -2.57. The number of likely N-dealkylation sites (N-methyl/N-ethyl adjacent to an activating group) is 1. The van der Waals surface area contributed by atoms with Gasteiger partial charge in [0.2, 0.25) is 0 Å². The average molecular weight is 256 g/mol. The Labute approximate surface area is 111 Å². The molecule has 0 aromatic carbocycles. The molecule has 1 aliphatic rings. The molecule has 4 heteroatoms. The molecule has 106 valence electrons. The molecule has 0 radical (unpaired) electrons. The zero-order valence-electron chi connectivity index (χ0n) is 12.3. The molecular weight excluding hydrogens is 228 g/mol. The van der Waals surface area contributed by atoms with Gasteiger partial charge in [-0.25, -0.2) is 0 Å². The largest absolute Gasteiger partial charge is 0.465 e. The third-order valence-corrected chi connectivity index (χ3v) is 3.31. The first-order valence-corrected chi connectivity index (χ1v) is 7.15. The van der Waals surface area contributed by atoms with E-state index in [2.05, 4.69) is 24.2 Å². The van der Waals surface area contributed by atoms with Crippen LogP contribution in [0.2, 0.25) is 0 Å². The standard InChI is InChI=1S/C14H28N2O2/c1-5-7-10-16(4)11-14(3,13(17)18-6-2)15-12-8-9-12/h12,15H,5-11H2,1-4H3. The molecule has 4 nitrogen and oxygen atoms in total. The van der Waals surface area contributed by atoms with Gasteiger partial charge in [-0.3, -0.25) is 10.1 Å². The smallest absolute Gasteiger partial charge is 0.327 e. The van der Waals surface area contributed by atoms with Gasteiger partial charge in [-0.15, -0.1) is 0 Å². The highest BCUT2D eigenvalue weighted by molar-refractivity contribution is 5.80. The first-order chi connectivity index (χ1) is 8.51. The second-order valence-corrected chi connectivity index (χ2v) is 5.56. The first-order valence-electron chi connectivity index (χ1n) is 7.15. The number of nitrogens with zero attached hydrogens (tertiary/aromatic N) is 1. The number of hydrogen-bond donors (Lipinski definition) is 1. The van der Waals surface area contributed by atoms with Gasteiger partial charge in [0, 0.05) is 12.6 Å². The predicted octanol–water partition coefficient (Wildman–Crippen LogP) is 1.79. The number of carbonyl (C=O) groups is 1. The minimum absolute atomic E-state index is 0.125. The van der Waals surface area contributed by atoms with Crippen molar-refractivity contribution in [2.75, 3.05) is 26.7 Å². The summed E-state index contributed by atoms with van der Waals surface area (Å²) in [6.45, 7) is 8.18. The number of unbranched alkanes of at least 4 members (excludes halogenated alkanes) is 1. The number of esters is 1. The minimum atomic E-state index is -0.570. The van der Waals surface area contributed by atoms with Gasteiger partial charge in [-0.05, 0) is 46.7 Å². The summed E-state index contributed by atoms with van der Waals surface area (Å²) in [7, 11) is 2.07. The zero-order valence-corrected chi connectivity index (χ0v) is 12.3. The summed E-state index contributed by atoms with van der Waals surface area (Å²) < 4.78 is 5.21. The molecule has 18 heavy (non-hydrogen) atoms. The molecule has 1 fully saturated rings. The Bertz CT molecular complexity index is 267. The molecule has 0 saturated heterocycles. The molecule has 1 unspecified atom stereocenters. The molecule has 1 saturated carbocycles. The van der Waals surface area contributed by atoms with Gasteiger partial charge in [0.1, 0.15) is 5.54 Å². The Hall–Kier alpha value is -0.610. The third-order valence-electron chi connectivity index (χ3n) is 3.31. The van der Waals surface area contributed by atoms with Crippen LogP contribution in [0.15, 0.2) is 0 Å². The van der Waals surface area contributed by atoms with Crippen LogP contribution in [0.3, 0.4) is 0 Å². The molecule has 0 bridgehead atoms. The fourth-order valence-corrected chi connectivity index (χ4v) is 2.18. The Balaban J connectivity index is 2.54. The second kappa shape index (κ2) is 7.10. The number of ether oxygens (including phenoxy) is 1. The summed E-state index contributed by atoms with van der Waals surface area (Å²) in [6.07, 6.45) is 4.69. The van der Waals surface area contributed by atoms with E-state index in [1.807, 2.05) is 13.8 Å². The molecule has 1 rings (SSSR count). The molecule has 0 aromatic heterocycles. The van der Waals surface area contributed by atoms with Crippen molar-refractivity contribution in [3.05, 3.63) is 0 Å². The molecule has 0 aliphatic heterocycles. The Morgan fingerprint density at radius 1 is 1.44 bits per heavy atom. The van der Waals surface area contributed by atoms with Gasteiger partial charge in [0.25, 0.3) is 0 Å². The monoisotopic (exact) mass is 256 g/mol. The van der Waals surface area contributed by atoms with Gasteiger partial charge in [0.05, 0.1) is 6.61 Å². The maximum Gasteiger partial charge on any atom is 0.327 e. The molecule has 1 aliphatic carbocycles. The van der Waals surface area contributed by atoms with E-state index in [0.29, 0.717) is 19.2 Å². The Kier molecular flexibility index (Phi) is 6.09. The summed E-state index contributed by atoms with van der Waals surface area (Å²) in [5.41, 5.74) is -0.570. The fraction of sp³-hybridized carbons (Fsp3) is 0.929. The molecule has 0 amide bonds. The van der Waals surface area contributed by atoms with Gasteiger partial charge in [-0.1, -0.05) is 13.3 Å². The number of rotatable bonds is 9. The van der Waals surface area contributed by atoms with E-state index in [1.54, 1.807) is 0 Å².